The van der Waals surface area contributed by atoms with Gasteiger partial charge in [0.15, 0.2) is 0 Å². The minimum absolute atomic E-state index is 0.217. The second kappa shape index (κ2) is 7.71. The minimum Gasteiger partial charge on any atom is -0.389 e. The molecule has 0 amide bonds. The van der Waals surface area contributed by atoms with E-state index in [1.807, 2.05) is 19.1 Å². The zero-order chi connectivity index (χ0) is 19.8. The van der Waals surface area contributed by atoms with E-state index in [9.17, 15) is 13.5 Å². The lowest BCUT2D eigenvalue weighted by Gasteiger charge is -2.48. The van der Waals surface area contributed by atoms with Gasteiger partial charge in [-0.2, -0.15) is 4.31 Å². The third-order valence-corrected chi connectivity index (χ3v) is 9.51. The van der Waals surface area contributed by atoms with E-state index in [4.69, 9.17) is 0 Å². The molecule has 156 valence electrons. The van der Waals surface area contributed by atoms with Gasteiger partial charge in [-0.25, -0.2) is 8.42 Å². The van der Waals surface area contributed by atoms with Crippen LogP contribution in [-0.2, 0) is 10.0 Å². The maximum absolute atomic E-state index is 13.1. The largest absolute Gasteiger partial charge is 0.389 e. The fourth-order valence-corrected chi connectivity index (χ4v) is 7.11. The van der Waals surface area contributed by atoms with Crippen molar-refractivity contribution in [1.29, 1.82) is 0 Å². The Morgan fingerprint density at radius 1 is 0.929 bits per heavy atom. The molecule has 1 N–H and O–H groups in total. The smallest absolute Gasteiger partial charge is 0.243 e. The summed E-state index contributed by atoms with van der Waals surface area (Å²) >= 11 is 0. The molecule has 2 heterocycles. The van der Waals surface area contributed by atoms with E-state index < -0.39 is 15.6 Å². The molecule has 2 aliphatic heterocycles. The van der Waals surface area contributed by atoms with Crippen LogP contribution in [0.15, 0.2) is 29.2 Å². The maximum atomic E-state index is 13.1. The summed E-state index contributed by atoms with van der Waals surface area (Å²) in [4.78, 5) is 2.85. The first kappa shape index (κ1) is 20.3. The van der Waals surface area contributed by atoms with Gasteiger partial charge in [-0.3, -0.25) is 0 Å². The van der Waals surface area contributed by atoms with Crippen LogP contribution in [0.3, 0.4) is 0 Å². The van der Waals surface area contributed by atoms with Gasteiger partial charge in [-0.05, 0) is 88.4 Å². The first-order chi connectivity index (χ1) is 13.3. The van der Waals surface area contributed by atoms with Crippen molar-refractivity contribution in [3.8, 4) is 0 Å². The molecule has 0 bridgehead atoms. The summed E-state index contributed by atoms with van der Waals surface area (Å²) in [6.07, 6.45) is 8.10. The molecule has 1 aromatic carbocycles. The third kappa shape index (κ3) is 4.02. The molecule has 0 atom stereocenters. The Morgan fingerprint density at radius 3 is 2.14 bits per heavy atom. The van der Waals surface area contributed by atoms with Crippen LogP contribution < -0.4 is 0 Å². The summed E-state index contributed by atoms with van der Waals surface area (Å²) in [5, 5.41) is 11.1. The molecule has 28 heavy (non-hydrogen) atoms. The van der Waals surface area contributed by atoms with Gasteiger partial charge in [-0.15, -0.1) is 0 Å². The highest BCUT2D eigenvalue weighted by Gasteiger charge is 2.45. The number of nitrogens with zero attached hydrogens (tertiary/aromatic N) is 2. The Hall–Kier alpha value is -0.950. The summed E-state index contributed by atoms with van der Waals surface area (Å²) in [5.41, 5.74) is 0.488. The number of hydrogen-bond donors (Lipinski definition) is 1. The number of likely N-dealkylation sites (tertiary alicyclic amines) is 1. The number of aliphatic hydroxyl groups is 1. The molecule has 3 aliphatic rings. The monoisotopic (exact) mass is 406 g/mol. The lowest BCUT2D eigenvalue weighted by atomic mass is 9.64. The molecule has 0 radical (unpaired) electrons. The fraction of sp³-hybridized carbons (Fsp3) is 0.727. The zero-order valence-electron chi connectivity index (χ0n) is 17.1. The molecule has 6 heteroatoms. The van der Waals surface area contributed by atoms with Crippen molar-refractivity contribution < 1.29 is 13.5 Å². The predicted molar refractivity (Wildman–Crippen MR) is 111 cm³/mol. The number of rotatable bonds is 4. The van der Waals surface area contributed by atoms with Crippen molar-refractivity contribution >= 4 is 10.0 Å². The van der Waals surface area contributed by atoms with Crippen molar-refractivity contribution in [3.63, 3.8) is 0 Å². The molecule has 0 unspecified atom stereocenters. The van der Waals surface area contributed by atoms with Crippen LogP contribution in [0.4, 0.5) is 0 Å². The van der Waals surface area contributed by atoms with E-state index in [0.29, 0.717) is 18.0 Å². The molecule has 3 fully saturated rings. The summed E-state index contributed by atoms with van der Waals surface area (Å²) in [7, 11) is -3.41. The van der Waals surface area contributed by atoms with Crippen LogP contribution in [0, 0.1) is 12.3 Å². The number of hydrogen-bond acceptors (Lipinski definition) is 4. The van der Waals surface area contributed by atoms with Crippen molar-refractivity contribution in [2.45, 2.75) is 68.8 Å². The average Bonchev–Trinajstić information content (AvgIpc) is 3.18. The van der Waals surface area contributed by atoms with Crippen LogP contribution in [0.2, 0.25) is 0 Å². The number of sulfonamides is 1. The summed E-state index contributed by atoms with van der Waals surface area (Å²) in [5.74, 6) is 0. The Labute approximate surface area is 169 Å². The highest BCUT2D eigenvalue weighted by atomic mass is 32.2. The van der Waals surface area contributed by atoms with E-state index in [1.165, 1.54) is 12.8 Å². The number of piperidine rings is 1. The van der Waals surface area contributed by atoms with Gasteiger partial charge in [0.1, 0.15) is 0 Å². The van der Waals surface area contributed by atoms with Crippen LogP contribution >= 0.6 is 0 Å². The molecule has 1 aliphatic carbocycles. The van der Waals surface area contributed by atoms with E-state index in [1.54, 1.807) is 16.4 Å². The maximum Gasteiger partial charge on any atom is 0.243 e. The normalized spacial score (nSPS) is 25.9. The van der Waals surface area contributed by atoms with Crippen LogP contribution in [0.5, 0.6) is 0 Å². The minimum atomic E-state index is -3.41. The van der Waals surface area contributed by atoms with Gasteiger partial charge >= 0.3 is 0 Å². The topological polar surface area (TPSA) is 60.9 Å². The average molecular weight is 407 g/mol. The summed E-state index contributed by atoms with van der Waals surface area (Å²) < 4.78 is 27.8. The first-order valence-corrected chi connectivity index (χ1v) is 12.3. The summed E-state index contributed by atoms with van der Waals surface area (Å²) in [6.45, 7) is 6.12. The molecule has 1 spiro atoms. The molecule has 1 aromatic rings. The second-order valence-corrected chi connectivity index (χ2v) is 11.3. The molecule has 0 aromatic heterocycles. The van der Waals surface area contributed by atoms with Crippen LogP contribution in [0.1, 0.15) is 56.9 Å². The molecular formula is C22H34N2O3S. The van der Waals surface area contributed by atoms with Gasteiger partial charge in [0, 0.05) is 19.6 Å². The van der Waals surface area contributed by atoms with Crippen molar-refractivity contribution in [2.75, 3.05) is 32.7 Å². The van der Waals surface area contributed by atoms with Gasteiger partial charge in [0.2, 0.25) is 10.0 Å². The lowest BCUT2D eigenvalue weighted by molar-refractivity contribution is -0.0625. The first-order valence-electron chi connectivity index (χ1n) is 10.8. The van der Waals surface area contributed by atoms with Gasteiger partial charge < -0.3 is 10.0 Å². The molecule has 5 nitrogen and oxygen atoms in total. The van der Waals surface area contributed by atoms with Crippen LogP contribution in [-0.4, -0.2) is 61.1 Å². The van der Waals surface area contributed by atoms with Crippen molar-refractivity contribution in [1.82, 2.24) is 9.21 Å². The molecule has 4 rings (SSSR count). The zero-order valence-corrected chi connectivity index (χ0v) is 17.9. The number of benzene rings is 1. The quantitative estimate of drug-likeness (QED) is 0.834. The SMILES string of the molecule is Cc1ccccc1S(=O)(=O)N1CCC2(CC1)CCC(O)(CN1CCCC1)CC2. The fourth-order valence-electron chi connectivity index (χ4n) is 5.45. The van der Waals surface area contributed by atoms with E-state index in [0.717, 1.165) is 63.7 Å². The van der Waals surface area contributed by atoms with Gasteiger partial charge in [0.05, 0.1) is 10.5 Å². The van der Waals surface area contributed by atoms with Crippen molar-refractivity contribution in [2.24, 2.45) is 5.41 Å². The van der Waals surface area contributed by atoms with Gasteiger partial charge in [-0.1, -0.05) is 18.2 Å². The van der Waals surface area contributed by atoms with E-state index in [2.05, 4.69) is 4.90 Å². The molecule has 1 saturated carbocycles. The Balaban J connectivity index is 1.36. The Bertz CT molecular complexity index is 784. The molecule has 2 saturated heterocycles. The Morgan fingerprint density at radius 2 is 1.54 bits per heavy atom. The standard InChI is InChI=1S/C22H34N2O3S/c1-19-6-2-3-7-20(19)28(26,27)24-16-12-21(13-17-24)8-10-22(25,11-9-21)18-23-14-4-5-15-23/h2-3,6-7,25H,4-5,8-18H2,1H3. The molecular weight excluding hydrogens is 372 g/mol. The number of aryl methyl sites for hydroxylation is 1. The highest BCUT2D eigenvalue weighted by molar-refractivity contribution is 7.89. The second-order valence-electron chi connectivity index (χ2n) is 9.38. The Kier molecular flexibility index (Phi) is 5.60. The highest BCUT2D eigenvalue weighted by Crippen LogP contribution is 2.48. The van der Waals surface area contributed by atoms with E-state index >= 15 is 0 Å². The van der Waals surface area contributed by atoms with E-state index in [-0.39, 0.29) is 5.41 Å². The summed E-state index contributed by atoms with van der Waals surface area (Å²) in [6, 6.07) is 7.26. The predicted octanol–water partition coefficient (Wildman–Crippen LogP) is 3.17. The van der Waals surface area contributed by atoms with Gasteiger partial charge in [0.25, 0.3) is 0 Å². The third-order valence-electron chi connectivity index (χ3n) is 7.45. The van der Waals surface area contributed by atoms with Crippen molar-refractivity contribution in [3.05, 3.63) is 29.8 Å². The number of β-amino-alcohol motifs (C(OH)–C–C–N with tert-alkyl or cyclic N) is 1. The van der Waals surface area contributed by atoms with Crippen LogP contribution in [0.25, 0.3) is 0 Å². The lowest BCUT2D eigenvalue weighted by Crippen LogP contribution is -2.50.